The highest BCUT2D eigenvalue weighted by atomic mass is 16.5. The second-order valence-corrected chi connectivity index (χ2v) is 11.8. The summed E-state index contributed by atoms with van der Waals surface area (Å²) < 4.78 is 5.11. The van der Waals surface area contributed by atoms with Gasteiger partial charge in [0.2, 0.25) is 0 Å². The molecule has 8 heteroatoms. The highest BCUT2D eigenvalue weighted by molar-refractivity contribution is 6.37. The van der Waals surface area contributed by atoms with Crippen molar-refractivity contribution in [1.82, 2.24) is 0 Å². The van der Waals surface area contributed by atoms with Gasteiger partial charge in [0, 0.05) is 11.8 Å². The molecule has 2 N–H and O–H groups in total. The topological polar surface area (TPSA) is 140 Å². The van der Waals surface area contributed by atoms with Gasteiger partial charge in [-0.15, -0.1) is 0 Å². The predicted octanol–water partition coefficient (Wildman–Crippen LogP) is 3.81. The minimum Gasteiger partial charge on any atom is -0.457 e. The third-order valence-corrected chi connectivity index (χ3v) is 10.8. The lowest BCUT2D eigenvalue weighted by Gasteiger charge is -2.61. The molecule has 34 heavy (non-hydrogen) atoms. The number of carbonyl (C=O) groups is 1. The number of rotatable bonds is 5. The second-order valence-electron chi connectivity index (χ2n) is 11.8. The summed E-state index contributed by atoms with van der Waals surface area (Å²) >= 11 is 0. The fraction of sp³-hybridized carbons (Fsp3) is 0.885. The van der Waals surface area contributed by atoms with Crippen LogP contribution in [0.2, 0.25) is 0 Å². The van der Waals surface area contributed by atoms with E-state index in [1.165, 1.54) is 0 Å². The third kappa shape index (κ3) is 3.37. The molecule has 188 valence electrons. The highest BCUT2D eigenvalue weighted by Crippen LogP contribution is 2.69. The Balaban J connectivity index is 1.61. The molecule has 0 bridgehead atoms. The minimum atomic E-state index is -1.50. The largest absolute Gasteiger partial charge is 0.457 e. The molecule has 4 rings (SSSR count). The maximum Gasteiger partial charge on any atom is 0.420 e. The van der Waals surface area contributed by atoms with E-state index in [-0.39, 0.29) is 23.7 Å². The Bertz CT molecular complexity index is 956. The van der Waals surface area contributed by atoms with Crippen molar-refractivity contribution in [2.45, 2.75) is 103 Å². The predicted molar refractivity (Wildman–Crippen MR) is 126 cm³/mol. The van der Waals surface area contributed by atoms with Crippen molar-refractivity contribution in [3.8, 4) is 0 Å². The van der Waals surface area contributed by atoms with Gasteiger partial charge in [-0.05, 0) is 93.8 Å². The molecular formula is C26H40N4O4. The lowest BCUT2D eigenvalue weighted by molar-refractivity contribution is -0.166. The summed E-state index contributed by atoms with van der Waals surface area (Å²) in [7, 11) is 0. The lowest BCUT2D eigenvalue weighted by atomic mass is 9.43. The van der Waals surface area contributed by atoms with Crippen LogP contribution in [-0.4, -0.2) is 55.0 Å². The molecule has 4 saturated carbocycles. The summed E-state index contributed by atoms with van der Waals surface area (Å²) in [5.74, 6) is 0.737. The number of fused-ring (bicyclic) bond motifs is 5. The first kappa shape index (κ1) is 25.2. The van der Waals surface area contributed by atoms with Gasteiger partial charge >= 0.3 is 11.7 Å². The molecule has 0 aliphatic heterocycles. The summed E-state index contributed by atoms with van der Waals surface area (Å²) in [6, 6.07) is 0. The average molecular weight is 473 g/mol. The van der Waals surface area contributed by atoms with E-state index >= 15 is 0 Å². The van der Waals surface area contributed by atoms with Gasteiger partial charge in [0.05, 0.1) is 6.61 Å². The summed E-state index contributed by atoms with van der Waals surface area (Å²) in [6.45, 7) is 8.21. The van der Waals surface area contributed by atoms with E-state index < -0.39 is 22.6 Å². The van der Waals surface area contributed by atoms with Crippen LogP contribution in [0.5, 0.6) is 0 Å². The van der Waals surface area contributed by atoms with E-state index in [0.717, 1.165) is 38.5 Å². The number of carbonyl (C=O) groups excluding carboxylic acids is 1. The van der Waals surface area contributed by atoms with Gasteiger partial charge in [-0.2, -0.15) is 9.58 Å². The molecule has 4 aliphatic rings. The Morgan fingerprint density at radius 1 is 0.971 bits per heavy atom. The van der Waals surface area contributed by atoms with E-state index in [4.69, 9.17) is 4.74 Å². The first-order valence-electron chi connectivity index (χ1n) is 13.1. The summed E-state index contributed by atoms with van der Waals surface area (Å²) in [5.41, 5.74) is 16.4. The molecule has 0 aromatic rings. The van der Waals surface area contributed by atoms with Crippen LogP contribution in [0.25, 0.3) is 11.1 Å². The Hall–Kier alpha value is -1.85. The number of hydrogen-bond donors (Lipinski definition) is 2. The van der Waals surface area contributed by atoms with Crippen LogP contribution in [0, 0.1) is 34.5 Å². The molecule has 4 fully saturated rings. The quantitative estimate of drug-likeness (QED) is 0.272. The Labute approximate surface area is 202 Å². The Morgan fingerprint density at radius 2 is 1.68 bits per heavy atom. The number of hydrogen-bond acceptors (Lipinski definition) is 4. The van der Waals surface area contributed by atoms with Crippen LogP contribution in [0.15, 0.2) is 0 Å². The van der Waals surface area contributed by atoms with Crippen LogP contribution in [0.1, 0.15) is 91.9 Å². The molecular weight excluding hydrogens is 432 g/mol. The van der Waals surface area contributed by atoms with E-state index in [1.54, 1.807) is 6.92 Å². The van der Waals surface area contributed by atoms with Gasteiger partial charge in [-0.25, -0.2) is 4.79 Å². The molecule has 4 aliphatic carbocycles. The zero-order valence-electron chi connectivity index (χ0n) is 21.1. The van der Waals surface area contributed by atoms with Crippen LogP contribution in [-0.2, 0) is 9.53 Å². The van der Waals surface area contributed by atoms with Gasteiger partial charge in [0.15, 0.2) is 11.2 Å². The van der Waals surface area contributed by atoms with Gasteiger partial charge < -0.3 is 26.0 Å². The van der Waals surface area contributed by atoms with Gasteiger partial charge in [-0.3, -0.25) is 0 Å². The summed E-state index contributed by atoms with van der Waals surface area (Å²) in [5, 5.41) is 23.1. The molecule has 8 nitrogen and oxygen atoms in total. The van der Waals surface area contributed by atoms with Crippen molar-refractivity contribution in [2.75, 3.05) is 6.61 Å². The maximum absolute atomic E-state index is 12.5. The van der Waals surface area contributed by atoms with E-state index in [2.05, 4.69) is 23.4 Å². The van der Waals surface area contributed by atoms with Crippen molar-refractivity contribution in [2.24, 2.45) is 34.5 Å². The van der Waals surface area contributed by atoms with Crippen molar-refractivity contribution >= 4 is 17.4 Å². The molecule has 0 heterocycles. The normalized spacial score (nSPS) is 45.1. The number of ether oxygens (including phenoxy) is 1. The number of nitrogens with zero attached hydrogens (tertiary/aromatic N) is 4. The summed E-state index contributed by atoms with van der Waals surface area (Å²) in [6.07, 6.45) is 7.52. The van der Waals surface area contributed by atoms with Gasteiger partial charge in [0.1, 0.15) is 0 Å². The smallest absolute Gasteiger partial charge is 0.420 e. The standard InChI is InChI=1S/C26H40N4O4/c1-5-20(29-27)25(32)14-13-23(3)16(15-25)7-8-17-18(23)9-11-24(4)19(17)10-12-26(24,33)21(30-28)22(31)34-6-2/h16-19,32-33H,5-15H2,1-4H3/t16-,17-,18+,19+,23+,24+,25?,26?/m1/s1. The summed E-state index contributed by atoms with van der Waals surface area (Å²) in [4.78, 5) is 19.2. The van der Waals surface area contributed by atoms with E-state index in [9.17, 15) is 26.1 Å². The van der Waals surface area contributed by atoms with Crippen LogP contribution < -0.4 is 0 Å². The van der Waals surface area contributed by atoms with E-state index in [1.807, 2.05) is 6.92 Å². The van der Waals surface area contributed by atoms with Crippen LogP contribution >= 0.6 is 0 Å². The Morgan fingerprint density at radius 3 is 2.29 bits per heavy atom. The monoisotopic (exact) mass is 472 g/mol. The first-order chi connectivity index (χ1) is 16.0. The molecule has 8 atom stereocenters. The molecule has 2 unspecified atom stereocenters. The maximum atomic E-state index is 12.5. The second kappa shape index (κ2) is 8.67. The van der Waals surface area contributed by atoms with Gasteiger partial charge in [0.25, 0.3) is 5.71 Å². The third-order valence-electron chi connectivity index (χ3n) is 10.8. The SMILES string of the molecule is CCOC(=O)C(=[N+]=[N-])C1(O)CC[C@H]2[C@@H]3CC[C@@H]4CC(O)(C(CC)=[N+]=[N-])CC[C@]4(C)[C@H]3CC[C@@]21C. The molecule has 0 amide bonds. The fourth-order valence-corrected chi connectivity index (χ4v) is 8.90. The van der Waals surface area contributed by atoms with Crippen LogP contribution in [0.4, 0.5) is 0 Å². The van der Waals surface area contributed by atoms with Crippen molar-refractivity contribution in [3.05, 3.63) is 11.1 Å². The first-order valence-corrected chi connectivity index (χ1v) is 13.1. The van der Waals surface area contributed by atoms with E-state index in [0.29, 0.717) is 49.1 Å². The van der Waals surface area contributed by atoms with Crippen LogP contribution in [0.3, 0.4) is 0 Å². The number of esters is 1. The minimum absolute atomic E-state index is 0.0839. The molecule has 0 radical (unpaired) electrons. The fourth-order valence-electron chi connectivity index (χ4n) is 8.90. The Kier molecular flexibility index (Phi) is 6.44. The average Bonchev–Trinajstić information content (AvgIpc) is 3.07. The molecule has 0 saturated heterocycles. The van der Waals surface area contributed by atoms with Crippen molar-refractivity contribution in [1.29, 1.82) is 0 Å². The molecule has 0 aromatic heterocycles. The van der Waals surface area contributed by atoms with Crippen molar-refractivity contribution < 1.29 is 29.3 Å². The molecule has 0 aromatic carbocycles. The highest BCUT2D eigenvalue weighted by Gasteiger charge is 2.70. The van der Waals surface area contributed by atoms with Gasteiger partial charge in [-0.1, -0.05) is 20.8 Å². The molecule has 0 spiro atoms. The lowest BCUT2D eigenvalue weighted by Crippen LogP contribution is -2.61. The zero-order valence-corrected chi connectivity index (χ0v) is 21.1. The zero-order chi connectivity index (χ0) is 24.9. The number of aliphatic hydroxyl groups is 2. The van der Waals surface area contributed by atoms with Crippen molar-refractivity contribution in [3.63, 3.8) is 0 Å².